The highest BCUT2D eigenvalue weighted by Crippen LogP contribution is 2.45. The maximum absolute atomic E-state index is 4.35. The van der Waals surface area contributed by atoms with Crippen LogP contribution in [0.3, 0.4) is 0 Å². The third-order valence-electron chi connectivity index (χ3n) is 4.91. The molecule has 6 nitrogen and oxygen atoms in total. The van der Waals surface area contributed by atoms with Gasteiger partial charge in [0.2, 0.25) is 0 Å². The first-order chi connectivity index (χ1) is 11.6. The fourth-order valence-electron chi connectivity index (χ4n) is 3.66. The van der Waals surface area contributed by atoms with Gasteiger partial charge in [-0.1, -0.05) is 26.3 Å². The minimum absolute atomic E-state index is 0.452. The second-order valence-corrected chi connectivity index (χ2v) is 7.28. The van der Waals surface area contributed by atoms with Gasteiger partial charge in [0.05, 0.1) is 6.54 Å². The summed E-state index contributed by atoms with van der Waals surface area (Å²) < 4.78 is 1.99. The normalized spacial score (nSPS) is 17.1. The van der Waals surface area contributed by atoms with Crippen LogP contribution in [0.15, 0.2) is 29.4 Å². The highest BCUT2D eigenvalue weighted by Gasteiger charge is 2.37. The fraction of sp³-hybridized carbons (Fsp3) is 0.611. The molecular formula is C18H28N6. The number of aliphatic imine (C=N–C) groups is 1. The zero-order valence-electron chi connectivity index (χ0n) is 14.9. The number of rotatable bonds is 6. The number of hydrogen-bond acceptors (Lipinski definition) is 3. The predicted octanol–water partition coefficient (Wildman–Crippen LogP) is 2.61. The molecule has 0 atom stereocenters. The number of nitrogens with zero attached hydrogens (tertiary/aromatic N) is 4. The third-order valence-corrected chi connectivity index (χ3v) is 4.91. The van der Waals surface area contributed by atoms with E-state index in [0.717, 1.165) is 29.9 Å². The van der Waals surface area contributed by atoms with E-state index in [9.17, 15) is 0 Å². The van der Waals surface area contributed by atoms with E-state index in [4.69, 9.17) is 0 Å². The van der Waals surface area contributed by atoms with E-state index in [1.807, 2.05) is 35.8 Å². The van der Waals surface area contributed by atoms with E-state index >= 15 is 0 Å². The van der Waals surface area contributed by atoms with Crippen LogP contribution in [-0.4, -0.2) is 34.2 Å². The number of aromatic nitrogens is 3. The lowest BCUT2D eigenvalue weighted by atomic mass is 9.64. The molecule has 0 unspecified atom stereocenters. The zero-order chi connectivity index (χ0) is 17.0. The fourth-order valence-corrected chi connectivity index (χ4v) is 3.66. The zero-order valence-corrected chi connectivity index (χ0v) is 14.9. The lowest BCUT2D eigenvalue weighted by molar-refractivity contribution is 0.104. The Bertz CT molecular complexity index is 698. The molecule has 6 heteroatoms. The van der Waals surface area contributed by atoms with Crippen LogP contribution >= 0.6 is 0 Å². The van der Waals surface area contributed by atoms with Gasteiger partial charge < -0.3 is 10.6 Å². The van der Waals surface area contributed by atoms with Gasteiger partial charge in [-0.3, -0.25) is 9.39 Å². The molecule has 3 rings (SSSR count). The Morgan fingerprint density at radius 1 is 1.29 bits per heavy atom. The Kier molecular flexibility index (Phi) is 5.02. The molecule has 24 heavy (non-hydrogen) atoms. The topological polar surface area (TPSA) is 66.6 Å². The number of hydrogen-bond donors (Lipinski definition) is 2. The summed E-state index contributed by atoms with van der Waals surface area (Å²) in [5, 5.41) is 15.3. The summed E-state index contributed by atoms with van der Waals surface area (Å²) in [6.45, 7) is 6.21. The molecule has 0 amide bonds. The molecule has 0 aromatic carbocycles. The van der Waals surface area contributed by atoms with Crippen molar-refractivity contribution in [3.05, 3.63) is 30.2 Å². The van der Waals surface area contributed by atoms with Crippen molar-refractivity contribution in [2.24, 2.45) is 16.3 Å². The van der Waals surface area contributed by atoms with Gasteiger partial charge in [0.15, 0.2) is 17.4 Å². The number of fused-ring (bicyclic) bond motifs is 1. The summed E-state index contributed by atoms with van der Waals surface area (Å²) >= 11 is 0. The van der Waals surface area contributed by atoms with Gasteiger partial charge in [-0.05, 0) is 42.7 Å². The maximum atomic E-state index is 4.35. The second-order valence-electron chi connectivity index (χ2n) is 7.28. The first-order valence-electron chi connectivity index (χ1n) is 8.85. The highest BCUT2D eigenvalue weighted by atomic mass is 15.3. The standard InChI is InChI=1S/C18H28N6/c1-14(2)11-18(8-6-9-18)13-21-17(19-3)20-12-16-23-22-15-7-4-5-10-24(15)16/h4-5,7,10,14H,6,8-9,11-13H2,1-3H3,(H2,19,20,21). The van der Waals surface area contributed by atoms with Crippen molar-refractivity contribution in [3.8, 4) is 0 Å². The van der Waals surface area contributed by atoms with Crippen molar-refractivity contribution in [1.29, 1.82) is 0 Å². The molecular weight excluding hydrogens is 300 g/mol. The van der Waals surface area contributed by atoms with E-state index in [1.165, 1.54) is 25.7 Å². The Morgan fingerprint density at radius 3 is 2.79 bits per heavy atom. The SMILES string of the molecule is CN=C(NCc1nnc2ccccn12)NCC1(CC(C)C)CCC1. The van der Waals surface area contributed by atoms with Crippen LogP contribution in [-0.2, 0) is 6.54 Å². The lowest BCUT2D eigenvalue weighted by Gasteiger charge is -2.43. The van der Waals surface area contributed by atoms with E-state index in [-0.39, 0.29) is 0 Å². The molecule has 2 heterocycles. The van der Waals surface area contributed by atoms with Crippen LogP contribution in [0.1, 0.15) is 45.4 Å². The molecule has 1 fully saturated rings. The molecule has 1 aliphatic rings. The van der Waals surface area contributed by atoms with Crippen LogP contribution in [0.4, 0.5) is 0 Å². The van der Waals surface area contributed by atoms with Gasteiger partial charge in [-0.15, -0.1) is 10.2 Å². The van der Waals surface area contributed by atoms with Crippen LogP contribution in [0, 0.1) is 11.3 Å². The van der Waals surface area contributed by atoms with Gasteiger partial charge in [-0.25, -0.2) is 0 Å². The average molecular weight is 328 g/mol. The molecule has 2 aromatic heterocycles. The smallest absolute Gasteiger partial charge is 0.191 e. The molecule has 130 valence electrons. The quantitative estimate of drug-likeness (QED) is 0.632. The Morgan fingerprint density at radius 2 is 2.12 bits per heavy atom. The number of nitrogens with one attached hydrogen (secondary N) is 2. The van der Waals surface area contributed by atoms with Crippen LogP contribution < -0.4 is 10.6 Å². The van der Waals surface area contributed by atoms with Crippen LogP contribution in [0.5, 0.6) is 0 Å². The van der Waals surface area contributed by atoms with Gasteiger partial charge in [-0.2, -0.15) is 0 Å². The van der Waals surface area contributed by atoms with Crippen molar-refractivity contribution in [3.63, 3.8) is 0 Å². The molecule has 2 N–H and O–H groups in total. The molecule has 1 saturated carbocycles. The first kappa shape index (κ1) is 16.7. The minimum atomic E-state index is 0.452. The summed E-state index contributed by atoms with van der Waals surface area (Å²) in [6.07, 6.45) is 7.26. The second kappa shape index (κ2) is 7.20. The Hall–Kier alpha value is -2.11. The summed E-state index contributed by atoms with van der Waals surface area (Å²) in [5.74, 6) is 2.45. The van der Waals surface area contributed by atoms with E-state index in [1.54, 1.807) is 0 Å². The van der Waals surface area contributed by atoms with Gasteiger partial charge in [0.25, 0.3) is 0 Å². The van der Waals surface area contributed by atoms with E-state index < -0.39 is 0 Å². The molecule has 0 saturated heterocycles. The van der Waals surface area contributed by atoms with Gasteiger partial charge >= 0.3 is 0 Å². The molecule has 0 bridgehead atoms. The minimum Gasteiger partial charge on any atom is -0.356 e. The lowest BCUT2D eigenvalue weighted by Crippen LogP contribution is -2.46. The monoisotopic (exact) mass is 328 g/mol. The Balaban J connectivity index is 1.55. The summed E-state index contributed by atoms with van der Waals surface area (Å²) in [7, 11) is 1.81. The number of pyridine rings is 1. The van der Waals surface area contributed by atoms with E-state index in [0.29, 0.717) is 12.0 Å². The summed E-state index contributed by atoms with van der Waals surface area (Å²) in [6, 6.07) is 5.91. The average Bonchev–Trinajstić information content (AvgIpc) is 2.95. The van der Waals surface area contributed by atoms with Crippen molar-refractivity contribution < 1.29 is 0 Å². The van der Waals surface area contributed by atoms with Crippen molar-refractivity contribution in [2.75, 3.05) is 13.6 Å². The molecule has 0 spiro atoms. The third kappa shape index (κ3) is 3.68. The summed E-state index contributed by atoms with van der Waals surface area (Å²) in [5.41, 5.74) is 1.32. The highest BCUT2D eigenvalue weighted by molar-refractivity contribution is 5.79. The molecule has 0 radical (unpaired) electrons. The first-order valence-corrected chi connectivity index (χ1v) is 8.85. The van der Waals surface area contributed by atoms with Crippen LogP contribution in [0.2, 0.25) is 0 Å². The number of guanidine groups is 1. The van der Waals surface area contributed by atoms with E-state index in [2.05, 4.69) is 39.7 Å². The summed E-state index contributed by atoms with van der Waals surface area (Å²) in [4.78, 5) is 4.35. The van der Waals surface area contributed by atoms with Crippen LogP contribution in [0.25, 0.3) is 5.65 Å². The predicted molar refractivity (Wildman–Crippen MR) is 96.9 cm³/mol. The largest absolute Gasteiger partial charge is 0.356 e. The molecule has 0 aliphatic heterocycles. The van der Waals surface area contributed by atoms with Crippen molar-refractivity contribution >= 4 is 11.6 Å². The molecule has 2 aromatic rings. The molecule has 1 aliphatic carbocycles. The Labute approximate surface area is 143 Å². The van der Waals surface area contributed by atoms with Crippen molar-refractivity contribution in [2.45, 2.75) is 46.1 Å². The maximum Gasteiger partial charge on any atom is 0.191 e. The van der Waals surface area contributed by atoms with Gasteiger partial charge in [0.1, 0.15) is 0 Å². The van der Waals surface area contributed by atoms with Gasteiger partial charge in [0, 0.05) is 19.8 Å². The van der Waals surface area contributed by atoms with Crippen molar-refractivity contribution in [1.82, 2.24) is 25.2 Å².